The molecule has 0 spiro atoms. The van der Waals surface area contributed by atoms with Gasteiger partial charge in [-0.05, 0) is 55.5 Å². The number of nitrogens with zero attached hydrogens (tertiary/aromatic N) is 2. The molecular formula is C20H27ClN4O4S. The lowest BCUT2D eigenvalue weighted by Gasteiger charge is -2.39. The van der Waals surface area contributed by atoms with Crippen LogP contribution in [0.15, 0.2) is 21.6 Å². The average Bonchev–Trinajstić information content (AvgIpc) is 3.05. The van der Waals surface area contributed by atoms with Crippen LogP contribution in [0, 0.1) is 19.3 Å². The highest BCUT2D eigenvalue weighted by Crippen LogP contribution is 2.26. The Kier molecular flexibility index (Phi) is 6.54. The molecule has 1 aliphatic rings. The molecular weight excluding hydrogens is 428 g/mol. The van der Waals surface area contributed by atoms with Crippen molar-refractivity contribution in [3.05, 3.63) is 40.0 Å². The van der Waals surface area contributed by atoms with E-state index in [4.69, 9.17) is 16.1 Å². The van der Waals surface area contributed by atoms with Crippen molar-refractivity contribution in [3.63, 3.8) is 0 Å². The molecule has 2 heterocycles. The Hall–Kier alpha value is -1.97. The first-order chi connectivity index (χ1) is 14.0. The molecule has 1 fully saturated rings. The van der Waals surface area contributed by atoms with E-state index in [9.17, 15) is 13.2 Å². The summed E-state index contributed by atoms with van der Waals surface area (Å²) in [5, 5.41) is 10.6. The van der Waals surface area contributed by atoms with Gasteiger partial charge in [0, 0.05) is 17.6 Å². The van der Waals surface area contributed by atoms with Gasteiger partial charge in [-0.2, -0.15) is 4.98 Å². The van der Waals surface area contributed by atoms with E-state index in [1.165, 1.54) is 0 Å². The molecule has 8 nitrogen and oxygen atoms in total. The van der Waals surface area contributed by atoms with Crippen molar-refractivity contribution < 1.29 is 17.7 Å². The van der Waals surface area contributed by atoms with Crippen molar-refractivity contribution in [2.75, 3.05) is 13.1 Å². The molecule has 0 bridgehead atoms. The molecule has 0 saturated carbocycles. The highest BCUT2D eigenvalue weighted by atomic mass is 35.5. The van der Waals surface area contributed by atoms with Crippen LogP contribution in [0.4, 0.5) is 0 Å². The number of sulfone groups is 1. The number of aromatic nitrogens is 2. The van der Waals surface area contributed by atoms with E-state index in [0.29, 0.717) is 16.1 Å². The number of benzene rings is 1. The Morgan fingerprint density at radius 2 is 2.07 bits per heavy atom. The van der Waals surface area contributed by atoms with Crippen LogP contribution >= 0.6 is 11.6 Å². The van der Waals surface area contributed by atoms with Gasteiger partial charge in [0.1, 0.15) is 12.2 Å². The number of rotatable bonds is 6. The largest absolute Gasteiger partial charge is 0.352 e. The number of aryl methyl sites for hydroxylation is 2. The summed E-state index contributed by atoms with van der Waals surface area (Å²) in [5.74, 6) is -0.529. The summed E-state index contributed by atoms with van der Waals surface area (Å²) in [6.45, 7) is 9.30. The van der Waals surface area contributed by atoms with Gasteiger partial charge in [0.15, 0.2) is 15.7 Å². The highest BCUT2D eigenvalue weighted by molar-refractivity contribution is 7.90. The molecule has 2 aromatic rings. The minimum Gasteiger partial charge on any atom is -0.352 e. The van der Waals surface area contributed by atoms with Gasteiger partial charge in [0.2, 0.25) is 11.8 Å². The van der Waals surface area contributed by atoms with Gasteiger partial charge in [-0.3, -0.25) is 4.79 Å². The van der Waals surface area contributed by atoms with Gasteiger partial charge in [0.25, 0.3) is 0 Å². The lowest BCUT2D eigenvalue weighted by atomic mass is 9.80. The molecule has 1 atom stereocenters. The molecule has 1 amide bonds. The molecule has 1 aliphatic heterocycles. The van der Waals surface area contributed by atoms with Crippen molar-refractivity contribution >= 4 is 27.3 Å². The van der Waals surface area contributed by atoms with Gasteiger partial charge >= 0.3 is 0 Å². The summed E-state index contributed by atoms with van der Waals surface area (Å²) in [4.78, 5) is 16.7. The standard InChI is InChI=1S/C20H27ClN4O4S/c1-12-8-15(13(2)7-14(12)21)30(27,28)10-17-24-19(29-25-17)9-18(26)23-16-5-6-22-11-20(16,3)4/h7-8,16,22H,5-6,9-11H2,1-4H3,(H,23,26). The summed E-state index contributed by atoms with van der Waals surface area (Å²) in [7, 11) is -3.69. The van der Waals surface area contributed by atoms with E-state index in [0.717, 1.165) is 19.5 Å². The van der Waals surface area contributed by atoms with Gasteiger partial charge in [-0.15, -0.1) is 0 Å². The Morgan fingerprint density at radius 1 is 1.33 bits per heavy atom. The summed E-state index contributed by atoms with van der Waals surface area (Å²) in [6, 6.07) is 3.21. The van der Waals surface area contributed by atoms with Crippen molar-refractivity contribution in [1.29, 1.82) is 0 Å². The number of amides is 1. The Balaban J connectivity index is 1.66. The Bertz CT molecular complexity index is 1050. The maximum absolute atomic E-state index is 12.8. The fourth-order valence-corrected chi connectivity index (χ4v) is 5.32. The summed E-state index contributed by atoms with van der Waals surface area (Å²) in [6.07, 6.45) is 0.748. The quantitative estimate of drug-likeness (QED) is 0.688. The zero-order valence-electron chi connectivity index (χ0n) is 17.6. The van der Waals surface area contributed by atoms with Gasteiger partial charge < -0.3 is 15.2 Å². The number of carbonyl (C=O) groups excluding carboxylic acids is 1. The van der Waals surface area contributed by atoms with E-state index in [1.54, 1.807) is 26.0 Å². The smallest absolute Gasteiger partial charge is 0.236 e. The van der Waals surface area contributed by atoms with Crippen molar-refractivity contribution in [1.82, 2.24) is 20.8 Å². The van der Waals surface area contributed by atoms with Crippen molar-refractivity contribution in [2.24, 2.45) is 5.41 Å². The molecule has 30 heavy (non-hydrogen) atoms. The van der Waals surface area contributed by atoms with Crippen molar-refractivity contribution in [3.8, 4) is 0 Å². The van der Waals surface area contributed by atoms with E-state index in [1.807, 2.05) is 0 Å². The number of carbonyl (C=O) groups is 1. The second-order valence-electron chi connectivity index (χ2n) is 8.48. The zero-order valence-corrected chi connectivity index (χ0v) is 19.2. The predicted molar refractivity (Wildman–Crippen MR) is 113 cm³/mol. The van der Waals surface area contributed by atoms with Crippen molar-refractivity contribution in [2.45, 2.75) is 57.2 Å². The molecule has 0 radical (unpaired) electrons. The first-order valence-electron chi connectivity index (χ1n) is 9.79. The average molecular weight is 455 g/mol. The van der Waals surface area contributed by atoms with Crippen LogP contribution in [0.3, 0.4) is 0 Å². The SMILES string of the molecule is Cc1cc(S(=O)(=O)Cc2noc(CC(=O)NC3CCNCC3(C)C)n2)c(C)cc1Cl. The third kappa shape index (κ3) is 5.19. The normalized spacial score (nSPS) is 18.9. The first-order valence-corrected chi connectivity index (χ1v) is 11.8. The monoisotopic (exact) mass is 454 g/mol. The summed E-state index contributed by atoms with van der Waals surface area (Å²) >= 11 is 6.06. The lowest BCUT2D eigenvalue weighted by molar-refractivity contribution is -0.122. The molecule has 1 aromatic heterocycles. The second kappa shape index (κ2) is 8.64. The van der Waals surface area contributed by atoms with Crippen LogP contribution in [0.2, 0.25) is 5.02 Å². The van der Waals surface area contributed by atoms with Gasteiger partial charge in [-0.1, -0.05) is 30.6 Å². The van der Waals surface area contributed by atoms with E-state index >= 15 is 0 Å². The molecule has 1 saturated heterocycles. The topological polar surface area (TPSA) is 114 Å². The fraction of sp³-hybridized carbons (Fsp3) is 0.550. The highest BCUT2D eigenvalue weighted by Gasteiger charge is 2.33. The van der Waals surface area contributed by atoms with Crippen LogP contribution in [0.5, 0.6) is 0 Å². The van der Waals surface area contributed by atoms with E-state index < -0.39 is 15.6 Å². The van der Waals surface area contributed by atoms with E-state index in [2.05, 4.69) is 34.6 Å². The number of hydrogen-bond acceptors (Lipinski definition) is 7. The second-order valence-corrected chi connectivity index (χ2v) is 10.8. The molecule has 1 aromatic carbocycles. The maximum Gasteiger partial charge on any atom is 0.236 e. The molecule has 10 heteroatoms. The third-order valence-corrected chi connectivity index (χ3v) is 7.56. The number of halogens is 1. The van der Waals surface area contributed by atoms with Crippen LogP contribution in [-0.4, -0.2) is 43.6 Å². The lowest BCUT2D eigenvalue weighted by Crippen LogP contribution is -2.54. The summed E-state index contributed by atoms with van der Waals surface area (Å²) < 4.78 is 30.7. The number of piperidine rings is 1. The molecule has 2 N–H and O–H groups in total. The minimum absolute atomic E-state index is 0.0204. The number of hydrogen-bond donors (Lipinski definition) is 2. The van der Waals surface area contributed by atoms with Crippen LogP contribution in [-0.2, 0) is 26.8 Å². The minimum atomic E-state index is -3.69. The van der Waals surface area contributed by atoms with Crippen LogP contribution in [0.25, 0.3) is 0 Å². The molecule has 1 unspecified atom stereocenters. The fourth-order valence-electron chi connectivity index (χ4n) is 3.58. The Labute approximate surface area is 181 Å². The zero-order chi connectivity index (χ0) is 22.1. The molecule has 3 rings (SSSR count). The molecule has 164 valence electrons. The summed E-state index contributed by atoms with van der Waals surface area (Å²) in [5.41, 5.74) is 1.17. The Morgan fingerprint density at radius 3 is 2.77 bits per heavy atom. The number of nitrogens with one attached hydrogen (secondary N) is 2. The maximum atomic E-state index is 12.8. The van der Waals surface area contributed by atoms with Gasteiger partial charge in [0.05, 0.1) is 4.90 Å². The molecule has 0 aliphatic carbocycles. The van der Waals surface area contributed by atoms with Gasteiger partial charge in [-0.25, -0.2) is 8.42 Å². The van der Waals surface area contributed by atoms with E-state index in [-0.39, 0.29) is 40.4 Å². The van der Waals surface area contributed by atoms with Crippen LogP contribution < -0.4 is 10.6 Å². The predicted octanol–water partition coefficient (Wildman–Crippen LogP) is 2.36. The first kappa shape index (κ1) is 22.7. The van der Waals surface area contributed by atoms with Crippen LogP contribution in [0.1, 0.15) is 43.1 Å². The third-order valence-electron chi connectivity index (χ3n) is 5.40.